The van der Waals surface area contributed by atoms with Crippen LogP contribution in [-0.2, 0) is 17.9 Å². The van der Waals surface area contributed by atoms with Gasteiger partial charge in [-0.05, 0) is 41.1 Å². The molecule has 1 unspecified atom stereocenters. The summed E-state index contributed by atoms with van der Waals surface area (Å²) in [6, 6.07) is 15.1. The summed E-state index contributed by atoms with van der Waals surface area (Å²) >= 11 is 0. The Morgan fingerprint density at radius 3 is 2.64 bits per heavy atom. The molecule has 2 aromatic carbocycles. The predicted molar refractivity (Wildman–Crippen MR) is 105 cm³/mol. The summed E-state index contributed by atoms with van der Waals surface area (Å²) in [5, 5.41) is 7.14. The number of carbonyl (C=O) groups excluding carboxylic acids is 2. The largest absolute Gasteiger partial charge is 0.497 e. The van der Waals surface area contributed by atoms with E-state index in [1.54, 1.807) is 19.2 Å². The molecule has 1 atom stereocenters. The highest BCUT2D eigenvalue weighted by Gasteiger charge is 2.14. The zero-order chi connectivity index (χ0) is 19.9. The van der Waals surface area contributed by atoms with Crippen LogP contribution in [0.5, 0.6) is 5.75 Å². The standard InChI is InChI=1S/C21H23N3O4/c1-24(14-20(25)23-21(26)22-12-19-4-3-9-28-19)13-15-5-6-17-11-18(27-2)8-7-16(17)10-15/h3-11H,12-14H2,1-2H3,(H2,22,23,25,26)/p+1. The molecule has 28 heavy (non-hydrogen) atoms. The van der Waals surface area contributed by atoms with Crippen LogP contribution in [0.2, 0.25) is 0 Å². The van der Waals surface area contributed by atoms with Crippen molar-refractivity contribution in [3.63, 3.8) is 0 Å². The van der Waals surface area contributed by atoms with Crippen molar-refractivity contribution in [2.24, 2.45) is 0 Å². The Hall–Kier alpha value is -3.32. The Morgan fingerprint density at radius 1 is 1.11 bits per heavy atom. The van der Waals surface area contributed by atoms with Gasteiger partial charge in [0, 0.05) is 5.56 Å². The molecule has 7 heteroatoms. The summed E-state index contributed by atoms with van der Waals surface area (Å²) < 4.78 is 10.4. The minimum Gasteiger partial charge on any atom is -0.497 e. The minimum atomic E-state index is -0.533. The van der Waals surface area contributed by atoms with Crippen LogP contribution in [0.4, 0.5) is 4.79 Å². The molecule has 1 heterocycles. The van der Waals surface area contributed by atoms with Gasteiger partial charge in [0.25, 0.3) is 5.91 Å². The molecule has 0 saturated heterocycles. The Kier molecular flexibility index (Phi) is 6.29. The van der Waals surface area contributed by atoms with Gasteiger partial charge in [0.2, 0.25) is 0 Å². The lowest BCUT2D eigenvalue weighted by atomic mass is 10.1. The second kappa shape index (κ2) is 9.05. The molecule has 0 aliphatic rings. The summed E-state index contributed by atoms with van der Waals surface area (Å²) in [5.41, 5.74) is 1.12. The number of carbonyl (C=O) groups is 2. The number of ether oxygens (including phenoxy) is 1. The fraction of sp³-hybridized carbons (Fsp3) is 0.238. The van der Waals surface area contributed by atoms with Crippen molar-refractivity contribution in [3.05, 3.63) is 66.1 Å². The third-order valence-corrected chi connectivity index (χ3v) is 4.34. The molecule has 3 N–H and O–H groups in total. The molecule has 0 aliphatic carbocycles. The summed E-state index contributed by atoms with van der Waals surface area (Å²) in [6.45, 7) is 1.09. The summed E-state index contributed by atoms with van der Waals surface area (Å²) in [7, 11) is 3.56. The highest BCUT2D eigenvalue weighted by molar-refractivity contribution is 5.94. The van der Waals surface area contributed by atoms with E-state index in [0.717, 1.165) is 27.0 Å². The van der Waals surface area contributed by atoms with Gasteiger partial charge in [0.05, 0.1) is 27.0 Å². The number of rotatable bonds is 7. The molecule has 3 rings (SSSR count). The van der Waals surface area contributed by atoms with E-state index in [2.05, 4.69) is 16.7 Å². The first kappa shape index (κ1) is 19.4. The lowest BCUT2D eigenvalue weighted by molar-refractivity contribution is -0.885. The SMILES string of the molecule is COc1ccc2cc(C[NH+](C)CC(=O)NC(=O)NCc3ccco3)ccc2c1. The van der Waals surface area contributed by atoms with Gasteiger partial charge in [-0.3, -0.25) is 10.1 Å². The van der Waals surface area contributed by atoms with Gasteiger partial charge in [0.15, 0.2) is 6.54 Å². The first-order valence-corrected chi connectivity index (χ1v) is 9.01. The van der Waals surface area contributed by atoms with Crippen molar-refractivity contribution < 1.29 is 23.6 Å². The molecule has 0 saturated carbocycles. The van der Waals surface area contributed by atoms with Gasteiger partial charge < -0.3 is 19.4 Å². The van der Waals surface area contributed by atoms with Crippen LogP contribution in [0.15, 0.2) is 59.2 Å². The van der Waals surface area contributed by atoms with Crippen molar-refractivity contribution >= 4 is 22.7 Å². The number of amides is 3. The van der Waals surface area contributed by atoms with E-state index in [9.17, 15) is 9.59 Å². The van der Waals surface area contributed by atoms with E-state index in [1.807, 2.05) is 37.4 Å². The highest BCUT2D eigenvalue weighted by atomic mass is 16.5. The Balaban J connectivity index is 1.48. The number of hydrogen-bond acceptors (Lipinski definition) is 4. The monoisotopic (exact) mass is 382 g/mol. The Bertz CT molecular complexity index is 953. The second-order valence-electron chi connectivity index (χ2n) is 6.67. The van der Waals surface area contributed by atoms with E-state index < -0.39 is 6.03 Å². The maximum Gasteiger partial charge on any atom is 0.321 e. The molecule has 0 spiro atoms. The van der Waals surface area contributed by atoms with Crippen LogP contribution in [0.25, 0.3) is 10.8 Å². The maximum absolute atomic E-state index is 12.1. The third-order valence-electron chi connectivity index (χ3n) is 4.34. The van der Waals surface area contributed by atoms with E-state index in [1.165, 1.54) is 6.26 Å². The van der Waals surface area contributed by atoms with Gasteiger partial charge >= 0.3 is 6.03 Å². The third kappa shape index (κ3) is 5.34. The van der Waals surface area contributed by atoms with Crippen LogP contribution in [0.1, 0.15) is 11.3 Å². The predicted octanol–water partition coefficient (Wildman–Crippen LogP) is 1.48. The molecule has 0 fully saturated rings. The number of hydrogen-bond donors (Lipinski definition) is 3. The molecule has 146 valence electrons. The van der Waals surface area contributed by atoms with Crippen molar-refractivity contribution in [1.82, 2.24) is 10.6 Å². The molecule has 7 nitrogen and oxygen atoms in total. The topological polar surface area (TPSA) is 85.0 Å². The lowest BCUT2D eigenvalue weighted by Gasteiger charge is -2.14. The summed E-state index contributed by atoms with van der Waals surface area (Å²) in [5.74, 6) is 1.12. The first-order valence-electron chi connectivity index (χ1n) is 9.01. The molecular formula is C21H24N3O4+. The van der Waals surface area contributed by atoms with Crippen LogP contribution < -0.4 is 20.3 Å². The van der Waals surface area contributed by atoms with Crippen LogP contribution in [0.3, 0.4) is 0 Å². The van der Waals surface area contributed by atoms with Crippen molar-refractivity contribution in [1.29, 1.82) is 0 Å². The van der Waals surface area contributed by atoms with E-state index in [-0.39, 0.29) is 19.0 Å². The van der Waals surface area contributed by atoms with Crippen LogP contribution in [-0.4, -0.2) is 32.6 Å². The van der Waals surface area contributed by atoms with Gasteiger partial charge in [-0.15, -0.1) is 0 Å². The Labute approximate surface area is 163 Å². The lowest BCUT2D eigenvalue weighted by Crippen LogP contribution is -3.09. The van der Waals surface area contributed by atoms with Crippen molar-refractivity contribution in [2.45, 2.75) is 13.1 Å². The highest BCUT2D eigenvalue weighted by Crippen LogP contribution is 2.21. The summed E-state index contributed by atoms with van der Waals surface area (Å²) in [6.07, 6.45) is 1.53. The number of nitrogens with one attached hydrogen (secondary N) is 3. The quantitative estimate of drug-likeness (QED) is 0.578. The first-order chi connectivity index (χ1) is 13.5. The second-order valence-corrected chi connectivity index (χ2v) is 6.67. The molecule has 0 aliphatic heterocycles. The molecular weight excluding hydrogens is 358 g/mol. The zero-order valence-corrected chi connectivity index (χ0v) is 16.0. The molecule has 3 aromatic rings. The number of furan rings is 1. The maximum atomic E-state index is 12.1. The van der Waals surface area contributed by atoms with Gasteiger partial charge in [0.1, 0.15) is 18.1 Å². The van der Waals surface area contributed by atoms with Gasteiger partial charge in [-0.1, -0.05) is 18.2 Å². The molecule has 1 aromatic heterocycles. The van der Waals surface area contributed by atoms with E-state index in [0.29, 0.717) is 12.3 Å². The van der Waals surface area contributed by atoms with E-state index >= 15 is 0 Å². The number of urea groups is 1. The normalized spacial score (nSPS) is 11.8. The molecule has 0 bridgehead atoms. The number of fused-ring (bicyclic) bond motifs is 1. The molecule has 0 radical (unpaired) electrons. The van der Waals surface area contributed by atoms with Crippen molar-refractivity contribution in [2.75, 3.05) is 20.7 Å². The average Bonchev–Trinajstić information content (AvgIpc) is 3.19. The zero-order valence-electron chi connectivity index (χ0n) is 16.0. The smallest absolute Gasteiger partial charge is 0.321 e. The van der Waals surface area contributed by atoms with E-state index in [4.69, 9.17) is 9.15 Å². The van der Waals surface area contributed by atoms with Gasteiger partial charge in [-0.2, -0.15) is 0 Å². The summed E-state index contributed by atoms with van der Waals surface area (Å²) in [4.78, 5) is 24.8. The van der Waals surface area contributed by atoms with Crippen molar-refractivity contribution in [3.8, 4) is 5.75 Å². The van der Waals surface area contributed by atoms with Crippen LogP contribution in [0, 0.1) is 0 Å². The number of imide groups is 1. The van der Waals surface area contributed by atoms with Gasteiger partial charge in [-0.25, -0.2) is 4.79 Å². The minimum absolute atomic E-state index is 0.189. The average molecular weight is 382 g/mol. The number of methoxy groups -OCH3 is 1. The Morgan fingerprint density at radius 2 is 1.89 bits per heavy atom. The molecule has 3 amide bonds. The van der Waals surface area contributed by atoms with Crippen LogP contribution >= 0.6 is 0 Å². The fourth-order valence-corrected chi connectivity index (χ4v) is 2.99. The number of benzene rings is 2. The number of quaternary nitrogens is 1. The fourth-order valence-electron chi connectivity index (χ4n) is 2.99. The number of likely N-dealkylation sites (N-methyl/N-ethyl adjacent to an activating group) is 1.